The summed E-state index contributed by atoms with van der Waals surface area (Å²) in [6, 6.07) is 89.2. The van der Waals surface area contributed by atoms with Gasteiger partial charge in [-0.2, -0.15) is 0 Å². The van der Waals surface area contributed by atoms with Gasteiger partial charge in [-0.3, -0.25) is 0 Å². The molecule has 11 rings (SSSR count). The van der Waals surface area contributed by atoms with Crippen LogP contribution in [0, 0.1) is 0 Å². The van der Waals surface area contributed by atoms with Crippen molar-refractivity contribution in [2.45, 2.75) is 0 Å². The number of nitrogens with zero attached hydrogens (tertiary/aromatic N) is 4. The monoisotopic (exact) mass is 842 g/mol. The van der Waals surface area contributed by atoms with Crippen LogP contribution in [-0.2, 0) is 0 Å². The van der Waals surface area contributed by atoms with Gasteiger partial charge in [-0.15, -0.1) is 0 Å². The van der Waals surface area contributed by atoms with Crippen molar-refractivity contribution in [2.75, 3.05) is 0 Å². The zero-order valence-corrected chi connectivity index (χ0v) is 36.0. The summed E-state index contributed by atoms with van der Waals surface area (Å²) < 4.78 is 0. The third-order valence-corrected chi connectivity index (χ3v) is 11.9. The molecule has 0 aliphatic rings. The topological polar surface area (TPSA) is 51.6 Å². The molecule has 66 heavy (non-hydrogen) atoms. The smallest absolute Gasteiger partial charge is 0.164 e. The van der Waals surface area contributed by atoms with E-state index >= 15 is 0 Å². The van der Waals surface area contributed by atoms with E-state index in [2.05, 4.69) is 182 Å². The van der Waals surface area contributed by atoms with Gasteiger partial charge in [0, 0.05) is 27.8 Å². The molecule has 0 bridgehead atoms. The first kappa shape index (κ1) is 40.0. The molecule has 9 aromatic carbocycles. The predicted molar refractivity (Wildman–Crippen MR) is 272 cm³/mol. The highest BCUT2D eigenvalue weighted by Crippen LogP contribution is 2.44. The molecule has 0 saturated carbocycles. The highest BCUT2D eigenvalue weighted by atomic mass is 15.0. The Morgan fingerprint density at radius 3 is 0.879 bits per heavy atom. The lowest BCUT2D eigenvalue weighted by Gasteiger charge is -2.20. The Morgan fingerprint density at radius 2 is 0.485 bits per heavy atom. The van der Waals surface area contributed by atoms with Gasteiger partial charge in [0.15, 0.2) is 17.5 Å². The van der Waals surface area contributed by atoms with Crippen LogP contribution in [0.3, 0.4) is 0 Å². The molecule has 0 aliphatic heterocycles. The van der Waals surface area contributed by atoms with Gasteiger partial charge in [-0.05, 0) is 86.0 Å². The highest BCUT2D eigenvalue weighted by molar-refractivity contribution is 5.98. The molecule has 0 saturated heterocycles. The van der Waals surface area contributed by atoms with Gasteiger partial charge >= 0.3 is 0 Å². The Balaban J connectivity index is 1.05. The van der Waals surface area contributed by atoms with Crippen LogP contribution in [0.1, 0.15) is 0 Å². The van der Waals surface area contributed by atoms with Crippen LogP contribution in [0.4, 0.5) is 0 Å². The van der Waals surface area contributed by atoms with Crippen LogP contribution >= 0.6 is 0 Å². The van der Waals surface area contributed by atoms with Crippen LogP contribution in [0.2, 0.25) is 0 Å². The lowest BCUT2D eigenvalue weighted by molar-refractivity contribution is 1.07. The molecule has 2 aromatic heterocycles. The molecule has 0 fully saturated rings. The second-order valence-corrected chi connectivity index (χ2v) is 16.2. The average Bonchev–Trinajstić information content (AvgIpc) is 3.42. The fourth-order valence-electron chi connectivity index (χ4n) is 8.62. The van der Waals surface area contributed by atoms with E-state index < -0.39 is 0 Å². The van der Waals surface area contributed by atoms with Crippen molar-refractivity contribution in [1.29, 1.82) is 0 Å². The van der Waals surface area contributed by atoms with E-state index in [1.54, 1.807) is 0 Å². The molecule has 4 heteroatoms. The minimum absolute atomic E-state index is 0.622. The molecule has 0 atom stereocenters. The summed E-state index contributed by atoms with van der Waals surface area (Å²) in [5, 5.41) is 0. The largest absolute Gasteiger partial charge is 0.248 e. The van der Waals surface area contributed by atoms with E-state index in [4.69, 9.17) is 19.9 Å². The predicted octanol–water partition coefficient (Wildman–Crippen LogP) is 15.9. The summed E-state index contributed by atoms with van der Waals surface area (Å²) in [6.07, 6.45) is 0. The Kier molecular flexibility index (Phi) is 10.9. The molecule has 11 aromatic rings. The molecule has 310 valence electrons. The molecule has 0 spiro atoms. The van der Waals surface area contributed by atoms with Crippen molar-refractivity contribution >= 4 is 0 Å². The summed E-state index contributed by atoms with van der Waals surface area (Å²) in [7, 11) is 0. The first-order valence-corrected chi connectivity index (χ1v) is 22.2. The molecule has 0 N–H and O–H groups in total. The fourth-order valence-corrected chi connectivity index (χ4v) is 8.62. The second kappa shape index (κ2) is 18.1. The highest BCUT2D eigenvalue weighted by Gasteiger charge is 2.19. The van der Waals surface area contributed by atoms with Gasteiger partial charge in [0.2, 0.25) is 0 Å². The minimum Gasteiger partial charge on any atom is -0.248 e. The van der Waals surface area contributed by atoms with E-state index in [1.165, 1.54) is 0 Å². The fraction of sp³-hybridized carbons (Fsp3) is 0. The maximum atomic E-state index is 5.15. The number of benzene rings is 9. The molecule has 0 aliphatic carbocycles. The molecule has 4 nitrogen and oxygen atoms in total. The number of pyridine rings is 1. The van der Waals surface area contributed by atoms with E-state index in [0.29, 0.717) is 17.5 Å². The average molecular weight is 843 g/mol. The molecule has 0 radical (unpaired) electrons. The standard InChI is InChI=1S/C62H42N4/c1-7-20-43(21-8-1)55-39-53(51-32-19-33-52(38-51)54-41-57(45-24-11-3-12-25-45)63-58(42-54)46-26-13-4-14-27-46)40-56(44-22-9-2-10-23-44)59(55)47-34-36-50(37-35-47)62-65-60(48-28-15-5-16-29-48)64-61(66-62)49-30-17-6-18-31-49/h1-42H. The van der Waals surface area contributed by atoms with Gasteiger partial charge in [0.25, 0.3) is 0 Å². The first-order valence-electron chi connectivity index (χ1n) is 22.2. The van der Waals surface area contributed by atoms with E-state index in [-0.39, 0.29) is 0 Å². The van der Waals surface area contributed by atoms with Crippen LogP contribution in [0.25, 0.3) is 112 Å². The summed E-state index contributed by atoms with van der Waals surface area (Å²) >= 11 is 0. The number of hydrogen-bond donors (Lipinski definition) is 0. The van der Waals surface area contributed by atoms with Gasteiger partial charge in [0.1, 0.15) is 0 Å². The second-order valence-electron chi connectivity index (χ2n) is 16.2. The maximum Gasteiger partial charge on any atom is 0.164 e. The molecule has 0 amide bonds. The summed E-state index contributed by atoms with van der Waals surface area (Å²) in [6.45, 7) is 0. The van der Waals surface area contributed by atoms with Gasteiger partial charge in [-0.25, -0.2) is 19.9 Å². The first-order chi connectivity index (χ1) is 32.7. The zero-order chi connectivity index (χ0) is 44.1. The lowest BCUT2D eigenvalue weighted by Crippen LogP contribution is -2.00. The molecule has 0 unspecified atom stereocenters. The number of rotatable bonds is 10. The van der Waals surface area contributed by atoms with Gasteiger partial charge in [0.05, 0.1) is 11.4 Å². The molecule has 2 heterocycles. The Labute approximate surface area is 385 Å². The molecular weight excluding hydrogens is 801 g/mol. The van der Waals surface area contributed by atoms with Crippen molar-refractivity contribution in [2.24, 2.45) is 0 Å². The van der Waals surface area contributed by atoms with Crippen molar-refractivity contribution in [1.82, 2.24) is 19.9 Å². The van der Waals surface area contributed by atoms with Gasteiger partial charge < -0.3 is 0 Å². The number of hydrogen-bond acceptors (Lipinski definition) is 4. The van der Waals surface area contributed by atoms with Crippen molar-refractivity contribution in [3.63, 3.8) is 0 Å². The Morgan fingerprint density at radius 1 is 0.182 bits per heavy atom. The van der Waals surface area contributed by atoms with Crippen LogP contribution in [-0.4, -0.2) is 19.9 Å². The van der Waals surface area contributed by atoms with Crippen molar-refractivity contribution in [3.8, 4) is 112 Å². The van der Waals surface area contributed by atoms with Crippen molar-refractivity contribution in [3.05, 3.63) is 255 Å². The minimum atomic E-state index is 0.622. The normalized spacial score (nSPS) is 11.0. The SMILES string of the molecule is c1ccc(-c2cc(-c3cccc(-c4cc(-c5ccccc5)c(-c5ccc(-c6nc(-c7ccccc7)nc(-c7ccccc7)n6)cc5)c(-c5ccccc5)c4)c3)cc(-c3ccccc3)n2)cc1. The van der Waals surface area contributed by atoms with Gasteiger partial charge in [-0.1, -0.05) is 224 Å². The van der Waals surface area contributed by atoms with E-state index in [9.17, 15) is 0 Å². The Bertz CT molecular complexity index is 3240. The van der Waals surface area contributed by atoms with Crippen molar-refractivity contribution < 1.29 is 0 Å². The summed E-state index contributed by atoms with van der Waals surface area (Å²) in [5.41, 5.74) is 18.1. The molecular formula is C62H42N4. The quantitative estimate of drug-likeness (QED) is 0.138. The third kappa shape index (κ3) is 8.35. The Hall–Kier alpha value is -8.86. The maximum absolute atomic E-state index is 5.15. The third-order valence-electron chi connectivity index (χ3n) is 11.9. The lowest BCUT2D eigenvalue weighted by atomic mass is 9.84. The van der Waals surface area contributed by atoms with E-state index in [0.717, 1.165) is 94.8 Å². The van der Waals surface area contributed by atoms with Crippen LogP contribution in [0.15, 0.2) is 255 Å². The number of aromatic nitrogens is 4. The summed E-state index contributed by atoms with van der Waals surface area (Å²) in [5.74, 6) is 1.90. The summed E-state index contributed by atoms with van der Waals surface area (Å²) in [4.78, 5) is 20.1. The van der Waals surface area contributed by atoms with E-state index in [1.807, 2.05) is 72.8 Å². The van der Waals surface area contributed by atoms with Crippen LogP contribution < -0.4 is 0 Å². The zero-order valence-electron chi connectivity index (χ0n) is 36.0. The van der Waals surface area contributed by atoms with Crippen LogP contribution in [0.5, 0.6) is 0 Å².